The Kier molecular flexibility index (Phi) is 2.92. The Balaban J connectivity index is 1.75. The van der Waals surface area contributed by atoms with Crippen molar-refractivity contribution in [3.05, 3.63) is 72.1 Å². The molecule has 0 radical (unpaired) electrons. The first-order chi connectivity index (χ1) is 8.92. The van der Waals surface area contributed by atoms with Gasteiger partial charge < -0.3 is 4.98 Å². The van der Waals surface area contributed by atoms with Crippen LogP contribution in [0.1, 0.15) is 11.4 Å². The zero-order valence-corrected chi connectivity index (χ0v) is 10.0. The van der Waals surface area contributed by atoms with Gasteiger partial charge in [-0.3, -0.25) is 0 Å². The summed E-state index contributed by atoms with van der Waals surface area (Å²) in [4.78, 5) is 7.86. The van der Waals surface area contributed by atoms with Crippen LogP contribution >= 0.6 is 0 Å². The van der Waals surface area contributed by atoms with Crippen molar-refractivity contribution >= 4 is 17.1 Å². The molecule has 0 amide bonds. The van der Waals surface area contributed by atoms with Gasteiger partial charge in [0, 0.05) is 6.42 Å². The van der Waals surface area contributed by atoms with Gasteiger partial charge in [-0.15, -0.1) is 0 Å². The van der Waals surface area contributed by atoms with E-state index in [0.717, 1.165) is 23.3 Å². The minimum Gasteiger partial charge on any atom is -0.342 e. The average molecular weight is 234 g/mol. The second-order valence-corrected chi connectivity index (χ2v) is 4.22. The Morgan fingerprint density at radius 1 is 0.944 bits per heavy atom. The lowest BCUT2D eigenvalue weighted by molar-refractivity contribution is 1.08. The van der Waals surface area contributed by atoms with Gasteiger partial charge in [0.15, 0.2) is 0 Å². The van der Waals surface area contributed by atoms with Crippen LogP contribution in [0.15, 0.2) is 60.7 Å². The SMILES string of the molecule is C(=Cc1ccccc1)Cc1nc2ccccc2[nH]1. The van der Waals surface area contributed by atoms with E-state index in [0.29, 0.717) is 0 Å². The van der Waals surface area contributed by atoms with Crippen molar-refractivity contribution in [3.8, 4) is 0 Å². The fourth-order valence-corrected chi connectivity index (χ4v) is 1.97. The maximum atomic E-state index is 4.54. The number of fused-ring (bicyclic) bond motifs is 1. The normalized spacial score (nSPS) is 11.3. The highest BCUT2D eigenvalue weighted by atomic mass is 14.9. The van der Waals surface area contributed by atoms with Crippen molar-refractivity contribution in [3.63, 3.8) is 0 Å². The molecule has 0 aliphatic rings. The van der Waals surface area contributed by atoms with E-state index >= 15 is 0 Å². The minimum atomic E-state index is 0.823. The summed E-state index contributed by atoms with van der Waals surface area (Å²) in [5.41, 5.74) is 3.34. The molecule has 2 aromatic carbocycles. The number of aromatic amines is 1. The molecule has 0 aliphatic carbocycles. The van der Waals surface area contributed by atoms with Gasteiger partial charge in [-0.1, -0.05) is 54.6 Å². The highest BCUT2D eigenvalue weighted by Crippen LogP contribution is 2.11. The number of benzene rings is 2. The first kappa shape index (κ1) is 10.8. The van der Waals surface area contributed by atoms with Gasteiger partial charge in [-0.05, 0) is 17.7 Å². The number of nitrogens with one attached hydrogen (secondary N) is 1. The predicted octanol–water partition coefficient (Wildman–Crippen LogP) is 3.82. The highest BCUT2D eigenvalue weighted by molar-refractivity contribution is 5.74. The van der Waals surface area contributed by atoms with E-state index in [1.54, 1.807) is 0 Å². The van der Waals surface area contributed by atoms with Crippen LogP contribution in [0.3, 0.4) is 0 Å². The third-order valence-corrected chi connectivity index (χ3v) is 2.86. The molecule has 0 aliphatic heterocycles. The van der Waals surface area contributed by atoms with Gasteiger partial charge in [-0.25, -0.2) is 4.98 Å². The molecule has 0 spiro atoms. The quantitative estimate of drug-likeness (QED) is 0.733. The van der Waals surface area contributed by atoms with Crippen LogP contribution in [0.25, 0.3) is 17.1 Å². The smallest absolute Gasteiger partial charge is 0.111 e. The molecule has 2 heteroatoms. The summed E-state index contributed by atoms with van der Waals surface area (Å²) in [6.07, 6.45) is 5.07. The van der Waals surface area contributed by atoms with E-state index in [4.69, 9.17) is 0 Å². The number of hydrogen-bond donors (Lipinski definition) is 1. The molecular weight excluding hydrogens is 220 g/mol. The third kappa shape index (κ3) is 2.33. The first-order valence-corrected chi connectivity index (χ1v) is 6.07. The van der Waals surface area contributed by atoms with E-state index in [-0.39, 0.29) is 0 Å². The van der Waals surface area contributed by atoms with Gasteiger partial charge >= 0.3 is 0 Å². The van der Waals surface area contributed by atoms with Crippen molar-refractivity contribution in [2.75, 3.05) is 0 Å². The number of rotatable bonds is 3. The number of imidazole rings is 1. The lowest BCUT2D eigenvalue weighted by Gasteiger charge is -1.91. The molecule has 1 aromatic heterocycles. The number of hydrogen-bond acceptors (Lipinski definition) is 1. The third-order valence-electron chi connectivity index (χ3n) is 2.86. The molecular formula is C16H14N2. The number of allylic oxidation sites excluding steroid dienone is 1. The molecule has 0 unspecified atom stereocenters. The van der Waals surface area contributed by atoms with Crippen molar-refractivity contribution in [1.82, 2.24) is 9.97 Å². The number of nitrogens with zero attached hydrogens (tertiary/aromatic N) is 1. The predicted molar refractivity (Wildman–Crippen MR) is 75.3 cm³/mol. The van der Waals surface area contributed by atoms with Gasteiger partial charge in [0.2, 0.25) is 0 Å². The van der Waals surface area contributed by atoms with Gasteiger partial charge in [0.05, 0.1) is 11.0 Å². The van der Waals surface area contributed by atoms with Crippen LogP contribution in [0.5, 0.6) is 0 Å². The second kappa shape index (κ2) is 4.88. The van der Waals surface area contributed by atoms with Crippen LogP contribution in [-0.4, -0.2) is 9.97 Å². The molecule has 0 saturated carbocycles. The standard InChI is InChI=1S/C16H14N2/c1-2-7-13(8-3-1)9-6-12-16-17-14-10-4-5-11-15(14)18-16/h1-11H,12H2,(H,17,18). The fraction of sp³-hybridized carbons (Fsp3) is 0.0625. The number of H-pyrrole nitrogens is 1. The van der Waals surface area contributed by atoms with Crippen molar-refractivity contribution in [2.24, 2.45) is 0 Å². The lowest BCUT2D eigenvalue weighted by Crippen LogP contribution is -1.82. The Morgan fingerprint density at radius 3 is 2.56 bits per heavy atom. The Labute approximate surface area is 106 Å². The Bertz CT molecular complexity index is 633. The number of para-hydroxylation sites is 2. The molecule has 0 bridgehead atoms. The highest BCUT2D eigenvalue weighted by Gasteiger charge is 1.98. The summed E-state index contributed by atoms with van der Waals surface area (Å²) in [7, 11) is 0. The minimum absolute atomic E-state index is 0.823. The molecule has 3 rings (SSSR count). The summed E-state index contributed by atoms with van der Waals surface area (Å²) in [6, 6.07) is 18.4. The molecule has 1 heterocycles. The summed E-state index contributed by atoms with van der Waals surface area (Å²) in [5, 5.41) is 0. The van der Waals surface area contributed by atoms with Gasteiger partial charge in [-0.2, -0.15) is 0 Å². The van der Waals surface area contributed by atoms with Crippen LogP contribution < -0.4 is 0 Å². The first-order valence-electron chi connectivity index (χ1n) is 6.07. The number of aromatic nitrogens is 2. The monoisotopic (exact) mass is 234 g/mol. The molecule has 88 valence electrons. The maximum Gasteiger partial charge on any atom is 0.111 e. The van der Waals surface area contributed by atoms with E-state index in [2.05, 4.69) is 34.3 Å². The van der Waals surface area contributed by atoms with Crippen LogP contribution in [-0.2, 0) is 6.42 Å². The summed E-state index contributed by atoms with van der Waals surface area (Å²) < 4.78 is 0. The molecule has 3 aromatic rings. The zero-order chi connectivity index (χ0) is 12.2. The van der Waals surface area contributed by atoms with E-state index < -0.39 is 0 Å². The van der Waals surface area contributed by atoms with Crippen molar-refractivity contribution < 1.29 is 0 Å². The van der Waals surface area contributed by atoms with Crippen LogP contribution in [0.4, 0.5) is 0 Å². The topological polar surface area (TPSA) is 28.7 Å². The Hall–Kier alpha value is -2.35. The molecule has 0 atom stereocenters. The second-order valence-electron chi connectivity index (χ2n) is 4.22. The summed E-state index contributed by atoms with van der Waals surface area (Å²) >= 11 is 0. The summed E-state index contributed by atoms with van der Waals surface area (Å²) in [6.45, 7) is 0. The van der Waals surface area contributed by atoms with Crippen molar-refractivity contribution in [2.45, 2.75) is 6.42 Å². The molecule has 0 saturated heterocycles. The maximum absolute atomic E-state index is 4.54. The molecule has 0 fully saturated rings. The average Bonchev–Trinajstić information content (AvgIpc) is 2.82. The molecule has 2 nitrogen and oxygen atoms in total. The van der Waals surface area contributed by atoms with Crippen LogP contribution in [0, 0.1) is 0 Å². The van der Waals surface area contributed by atoms with E-state index in [9.17, 15) is 0 Å². The van der Waals surface area contributed by atoms with E-state index in [1.165, 1.54) is 5.56 Å². The fourth-order valence-electron chi connectivity index (χ4n) is 1.97. The van der Waals surface area contributed by atoms with Crippen molar-refractivity contribution in [1.29, 1.82) is 0 Å². The molecule has 1 N–H and O–H groups in total. The Morgan fingerprint density at radius 2 is 1.72 bits per heavy atom. The van der Waals surface area contributed by atoms with Gasteiger partial charge in [0.1, 0.15) is 5.82 Å². The zero-order valence-electron chi connectivity index (χ0n) is 10.0. The van der Waals surface area contributed by atoms with E-state index in [1.807, 2.05) is 42.5 Å². The van der Waals surface area contributed by atoms with Crippen LogP contribution in [0.2, 0.25) is 0 Å². The van der Waals surface area contributed by atoms with Gasteiger partial charge in [0.25, 0.3) is 0 Å². The summed E-state index contributed by atoms with van der Waals surface area (Å²) in [5.74, 6) is 1.00. The largest absolute Gasteiger partial charge is 0.342 e. The lowest BCUT2D eigenvalue weighted by atomic mass is 10.2. The molecule has 18 heavy (non-hydrogen) atoms.